The molecule has 0 aromatic heterocycles. The second-order valence-electron chi connectivity index (χ2n) is 5.41. The maximum Gasteiger partial charge on any atom is 0.412 e. The third kappa shape index (κ3) is 3.63. The van der Waals surface area contributed by atoms with Gasteiger partial charge in [0.15, 0.2) is 0 Å². The lowest BCUT2D eigenvalue weighted by atomic mass is 10.1. The standard InChI is InChI=1S/C18H19NO2/c20-18(19-16-8-4-5-9-16)21-17-12-10-15(11-13-17)14-6-2-1-3-7-14/h1-3,6-7,10-13,16H,4-5,8-9H2,(H,19,20). The van der Waals surface area contributed by atoms with E-state index in [1.54, 1.807) is 0 Å². The minimum atomic E-state index is -0.352. The van der Waals surface area contributed by atoms with E-state index in [0.29, 0.717) is 5.75 Å². The second-order valence-corrected chi connectivity index (χ2v) is 5.41. The van der Waals surface area contributed by atoms with Crippen molar-refractivity contribution in [3.8, 4) is 16.9 Å². The number of rotatable bonds is 3. The van der Waals surface area contributed by atoms with Gasteiger partial charge in [-0.15, -0.1) is 0 Å². The SMILES string of the molecule is O=C(NC1CCCC1)Oc1ccc(-c2ccccc2)cc1. The van der Waals surface area contributed by atoms with Crippen molar-refractivity contribution < 1.29 is 9.53 Å². The Morgan fingerprint density at radius 3 is 2.19 bits per heavy atom. The maximum atomic E-state index is 11.8. The van der Waals surface area contributed by atoms with Crippen LogP contribution >= 0.6 is 0 Å². The monoisotopic (exact) mass is 281 g/mol. The first-order chi connectivity index (χ1) is 10.3. The average molecular weight is 281 g/mol. The van der Waals surface area contributed by atoms with Crippen molar-refractivity contribution in [1.82, 2.24) is 5.32 Å². The van der Waals surface area contributed by atoms with Gasteiger partial charge >= 0.3 is 6.09 Å². The molecule has 1 fully saturated rings. The van der Waals surface area contributed by atoms with Crippen LogP contribution in [0.3, 0.4) is 0 Å². The number of hydrogen-bond acceptors (Lipinski definition) is 2. The zero-order chi connectivity index (χ0) is 14.5. The van der Waals surface area contributed by atoms with E-state index in [1.807, 2.05) is 42.5 Å². The van der Waals surface area contributed by atoms with Crippen LogP contribution in [0.2, 0.25) is 0 Å². The fraction of sp³-hybridized carbons (Fsp3) is 0.278. The zero-order valence-electron chi connectivity index (χ0n) is 11.9. The molecular weight excluding hydrogens is 262 g/mol. The summed E-state index contributed by atoms with van der Waals surface area (Å²) in [5.74, 6) is 0.574. The first-order valence-corrected chi connectivity index (χ1v) is 7.45. The summed E-state index contributed by atoms with van der Waals surface area (Å²) in [6, 6.07) is 18.0. The van der Waals surface area contributed by atoms with Crippen LogP contribution in [0, 0.1) is 0 Å². The molecule has 3 nitrogen and oxygen atoms in total. The molecule has 1 amide bonds. The Kier molecular flexibility index (Phi) is 4.20. The lowest BCUT2D eigenvalue weighted by molar-refractivity contribution is 0.196. The van der Waals surface area contributed by atoms with Crippen LogP contribution in [-0.2, 0) is 0 Å². The van der Waals surface area contributed by atoms with Gasteiger partial charge in [0, 0.05) is 6.04 Å². The predicted molar refractivity (Wildman–Crippen MR) is 83.3 cm³/mol. The molecule has 0 radical (unpaired) electrons. The van der Waals surface area contributed by atoms with Crippen LogP contribution in [0.15, 0.2) is 54.6 Å². The highest BCUT2D eigenvalue weighted by Gasteiger charge is 2.17. The molecule has 1 saturated carbocycles. The summed E-state index contributed by atoms with van der Waals surface area (Å²) in [5.41, 5.74) is 2.26. The summed E-state index contributed by atoms with van der Waals surface area (Å²) in [6.45, 7) is 0. The molecular formula is C18H19NO2. The maximum absolute atomic E-state index is 11.8. The van der Waals surface area contributed by atoms with Gasteiger partial charge in [0.25, 0.3) is 0 Å². The highest BCUT2D eigenvalue weighted by Crippen LogP contribution is 2.22. The molecule has 3 rings (SSSR count). The van der Waals surface area contributed by atoms with Crippen molar-refractivity contribution >= 4 is 6.09 Å². The van der Waals surface area contributed by atoms with Crippen LogP contribution in [0.5, 0.6) is 5.75 Å². The van der Waals surface area contributed by atoms with Gasteiger partial charge in [0.05, 0.1) is 0 Å². The van der Waals surface area contributed by atoms with Gasteiger partial charge in [-0.05, 0) is 36.1 Å². The van der Waals surface area contributed by atoms with Gasteiger partial charge in [-0.25, -0.2) is 4.79 Å². The molecule has 0 unspecified atom stereocenters. The lowest BCUT2D eigenvalue weighted by Gasteiger charge is -2.12. The number of carbonyl (C=O) groups excluding carboxylic acids is 1. The van der Waals surface area contributed by atoms with Gasteiger partial charge in [0.2, 0.25) is 0 Å². The Labute approximate surface area is 124 Å². The van der Waals surface area contributed by atoms with E-state index in [0.717, 1.165) is 24.0 Å². The normalized spacial score (nSPS) is 14.9. The number of hydrogen-bond donors (Lipinski definition) is 1. The quantitative estimate of drug-likeness (QED) is 0.906. The van der Waals surface area contributed by atoms with E-state index in [2.05, 4.69) is 17.4 Å². The summed E-state index contributed by atoms with van der Waals surface area (Å²) < 4.78 is 5.32. The number of benzene rings is 2. The number of amides is 1. The molecule has 0 bridgehead atoms. The lowest BCUT2D eigenvalue weighted by Crippen LogP contribution is -2.34. The van der Waals surface area contributed by atoms with E-state index in [4.69, 9.17) is 4.74 Å². The van der Waals surface area contributed by atoms with Gasteiger partial charge in [-0.1, -0.05) is 55.3 Å². The highest BCUT2D eigenvalue weighted by atomic mass is 16.6. The van der Waals surface area contributed by atoms with E-state index in [1.165, 1.54) is 12.8 Å². The fourth-order valence-corrected chi connectivity index (χ4v) is 2.72. The first kappa shape index (κ1) is 13.7. The first-order valence-electron chi connectivity index (χ1n) is 7.45. The molecule has 0 atom stereocenters. The number of carbonyl (C=O) groups is 1. The van der Waals surface area contributed by atoms with Crippen LogP contribution < -0.4 is 10.1 Å². The zero-order valence-corrected chi connectivity index (χ0v) is 11.9. The smallest absolute Gasteiger partial charge is 0.410 e. The molecule has 2 aromatic carbocycles. The van der Waals surface area contributed by atoms with Crippen molar-refractivity contribution in [1.29, 1.82) is 0 Å². The van der Waals surface area contributed by atoms with Crippen molar-refractivity contribution in [3.05, 3.63) is 54.6 Å². The third-order valence-electron chi connectivity index (χ3n) is 3.85. The summed E-state index contributed by atoms with van der Waals surface area (Å²) in [4.78, 5) is 11.8. The van der Waals surface area contributed by atoms with Crippen LogP contribution in [-0.4, -0.2) is 12.1 Å². The molecule has 0 aliphatic heterocycles. The summed E-state index contributed by atoms with van der Waals surface area (Å²) in [7, 11) is 0. The summed E-state index contributed by atoms with van der Waals surface area (Å²) in [5, 5.41) is 2.91. The van der Waals surface area contributed by atoms with Crippen LogP contribution in [0.25, 0.3) is 11.1 Å². The third-order valence-corrected chi connectivity index (χ3v) is 3.85. The van der Waals surface area contributed by atoms with E-state index in [9.17, 15) is 4.79 Å². The molecule has 2 aromatic rings. The Balaban J connectivity index is 1.60. The van der Waals surface area contributed by atoms with Crippen molar-refractivity contribution in [3.63, 3.8) is 0 Å². The van der Waals surface area contributed by atoms with Gasteiger partial charge in [-0.2, -0.15) is 0 Å². The number of nitrogens with one attached hydrogen (secondary N) is 1. The fourth-order valence-electron chi connectivity index (χ4n) is 2.72. The van der Waals surface area contributed by atoms with Crippen LogP contribution in [0.1, 0.15) is 25.7 Å². The minimum Gasteiger partial charge on any atom is -0.410 e. The number of ether oxygens (including phenoxy) is 1. The Morgan fingerprint density at radius 1 is 0.905 bits per heavy atom. The minimum absolute atomic E-state index is 0.279. The summed E-state index contributed by atoms with van der Waals surface area (Å²) in [6.07, 6.45) is 4.15. The van der Waals surface area contributed by atoms with Crippen molar-refractivity contribution in [2.75, 3.05) is 0 Å². The van der Waals surface area contributed by atoms with E-state index >= 15 is 0 Å². The summed E-state index contributed by atoms with van der Waals surface area (Å²) >= 11 is 0. The van der Waals surface area contributed by atoms with Gasteiger partial charge in [-0.3, -0.25) is 0 Å². The largest absolute Gasteiger partial charge is 0.412 e. The molecule has 1 aliphatic rings. The van der Waals surface area contributed by atoms with Gasteiger partial charge in [0.1, 0.15) is 5.75 Å². The molecule has 0 saturated heterocycles. The Bertz CT molecular complexity index is 586. The van der Waals surface area contributed by atoms with E-state index in [-0.39, 0.29) is 12.1 Å². The Hall–Kier alpha value is -2.29. The topological polar surface area (TPSA) is 38.3 Å². The van der Waals surface area contributed by atoms with Crippen molar-refractivity contribution in [2.24, 2.45) is 0 Å². The van der Waals surface area contributed by atoms with E-state index < -0.39 is 0 Å². The average Bonchev–Trinajstić information content (AvgIpc) is 3.02. The highest BCUT2D eigenvalue weighted by molar-refractivity contribution is 5.71. The molecule has 108 valence electrons. The second kappa shape index (κ2) is 6.44. The van der Waals surface area contributed by atoms with Crippen molar-refractivity contribution in [2.45, 2.75) is 31.7 Å². The van der Waals surface area contributed by atoms with Crippen LogP contribution in [0.4, 0.5) is 4.79 Å². The molecule has 1 N–H and O–H groups in total. The molecule has 0 spiro atoms. The molecule has 3 heteroatoms. The Morgan fingerprint density at radius 2 is 1.52 bits per heavy atom. The molecule has 21 heavy (non-hydrogen) atoms. The molecule has 0 heterocycles. The predicted octanol–water partition coefficient (Wildman–Crippen LogP) is 4.38. The van der Waals surface area contributed by atoms with Gasteiger partial charge < -0.3 is 10.1 Å². The molecule has 1 aliphatic carbocycles.